The SMILES string of the molecule is Nc1cccc(Cn2ccc3c(Br)cccc32)c1Br. The van der Waals surface area contributed by atoms with Gasteiger partial charge in [0.15, 0.2) is 0 Å². The van der Waals surface area contributed by atoms with Crippen LogP contribution in [0.25, 0.3) is 10.9 Å². The van der Waals surface area contributed by atoms with Gasteiger partial charge in [0, 0.05) is 38.3 Å². The van der Waals surface area contributed by atoms with Crippen LogP contribution in [0.3, 0.4) is 0 Å². The molecule has 0 unspecified atom stereocenters. The van der Waals surface area contributed by atoms with E-state index in [0.29, 0.717) is 0 Å². The summed E-state index contributed by atoms with van der Waals surface area (Å²) in [4.78, 5) is 0. The molecule has 1 aromatic heterocycles. The second kappa shape index (κ2) is 5.02. The smallest absolute Gasteiger partial charge is 0.0494 e. The first kappa shape index (κ1) is 12.8. The van der Waals surface area contributed by atoms with Gasteiger partial charge in [0.25, 0.3) is 0 Å². The second-order valence-electron chi connectivity index (χ2n) is 4.44. The van der Waals surface area contributed by atoms with Gasteiger partial charge in [-0.15, -0.1) is 0 Å². The molecule has 1 heterocycles. The van der Waals surface area contributed by atoms with E-state index in [9.17, 15) is 0 Å². The lowest BCUT2D eigenvalue weighted by Crippen LogP contribution is -2.00. The van der Waals surface area contributed by atoms with Gasteiger partial charge in [-0.2, -0.15) is 0 Å². The first-order valence-electron chi connectivity index (χ1n) is 5.93. The van der Waals surface area contributed by atoms with Crippen LogP contribution in [0.5, 0.6) is 0 Å². The van der Waals surface area contributed by atoms with E-state index in [0.717, 1.165) is 21.2 Å². The van der Waals surface area contributed by atoms with Crippen molar-refractivity contribution in [1.29, 1.82) is 0 Å². The summed E-state index contributed by atoms with van der Waals surface area (Å²) in [5.74, 6) is 0. The summed E-state index contributed by atoms with van der Waals surface area (Å²) in [6.45, 7) is 0.797. The first-order chi connectivity index (χ1) is 9.16. The predicted octanol–water partition coefficient (Wildman–Crippen LogP) is 4.80. The molecule has 0 radical (unpaired) electrons. The molecule has 0 aliphatic carbocycles. The van der Waals surface area contributed by atoms with Crippen LogP contribution in [0.2, 0.25) is 0 Å². The van der Waals surface area contributed by atoms with E-state index in [1.807, 2.05) is 12.1 Å². The van der Waals surface area contributed by atoms with Crippen LogP contribution < -0.4 is 5.73 Å². The lowest BCUT2D eigenvalue weighted by molar-refractivity contribution is 0.833. The average molecular weight is 380 g/mol. The fourth-order valence-electron chi connectivity index (χ4n) is 2.23. The van der Waals surface area contributed by atoms with Gasteiger partial charge >= 0.3 is 0 Å². The summed E-state index contributed by atoms with van der Waals surface area (Å²) in [6.07, 6.45) is 2.10. The molecular weight excluding hydrogens is 368 g/mol. The Morgan fingerprint density at radius 1 is 1.00 bits per heavy atom. The summed E-state index contributed by atoms with van der Waals surface area (Å²) >= 11 is 7.14. The Hall–Kier alpha value is -1.26. The summed E-state index contributed by atoms with van der Waals surface area (Å²) < 4.78 is 4.32. The number of nitrogen functional groups attached to an aromatic ring is 1. The summed E-state index contributed by atoms with van der Waals surface area (Å²) in [6, 6.07) is 14.3. The number of hydrogen-bond acceptors (Lipinski definition) is 1. The quantitative estimate of drug-likeness (QED) is 0.637. The van der Waals surface area contributed by atoms with Gasteiger partial charge in [-0.25, -0.2) is 0 Å². The average Bonchev–Trinajstić information content (AvgIpc) is 2.80. The third-order valence-electron chi connectivity index (χ3n) is 3.21. The van der Waals surface area contributed by atoms with Crippen LogP contribution in [0.15, 0.2) is 57.6 Å². The number of nitrogens with two attached hydrogens (primary N) is 1. The van der Waals surface area contributed by atoms with Crippen molar-refractivity contribution >= 4 is 48.5 Å². The van der Waals surface area contributed by atoms with Crippen molar-refractivity contribution in [2.45, 2.75) is 6.54 Å². The number of nitrogens with zero attached hydrogens (tertiary/aromatic N) is 1. The van der Waals surface area contributed by atoms with E-state index in [4.69, 9.17) is 5.73 Å². The summed E-state index contributed by atoms with van der Waals surface area (Å²) in [5.41, 5.74) is 9.09. The largest absolute Gasteiger partial charge is 0.398 e. The number of rotatable bonds is 2. The normalized spacial score (nSPS) is 11.1. The van der Waals surface area contributed by atoms with Crippen molar-refractivity contribution in [2.75, 3.05) is 5.73 Å². The molecule has 0 saturated heterocycles. The predicted molar refractivity (Wildman–Crippen MR) is 87.3 cm³/mol. The van der Waals surface area contributed by atoms with E-state index in [2.05, 4.69) is 73.0 Å². The number of aromatic nitrogens is 1. The minimum Gasteiger partial charge on any atom is -0.398 e. The molecule has 0 amide bonds. The number of anilines is 1. The Kier molecular flexibility index (Phi) is 3.37. The van der Waals surface area contributed by atoms with Gasteiger partial charge in [-0.1, -0.05) is 34.1 Å². The molecule has 0 aliphatic heterocycles. The van der Waals surface area contributed by atoms with Crippen molar-refractivity contribution in [1.82, 2.24) is 4.57 Å². The van der Waals surface area contributed by atoms with E-state index in [-0.39, 0.29) is 0 Å². The maximum Gasteiger partial charge on any atom is 0.0494 e. The topological polar surface area (TPSA) is 30.9 Å². The van der Waals surface area contributed by atoms with Crippen molar-refractivity contribution in [3.8, 4) is 0 Å². The van der Waals surface area contributed by atoms with E-state index in [1.165, 1.54) is 16.5 Å². The van der Waals surface area contributed by atoms with Gasteiger partial charge in [0.2, 0.25) is 0 Å². The van der Waals surface area contributed by atoms with Crippen molar-refractivity contribution in [2.24, 2.45) is 0 Å². The molecule has 2 aromatic carbocycles. The highest BCUT2D eigenvalue weighted by molar-refractivity contribution is 9.11. The minimum absolute atomic E-state index is 0.773. The summed E-state index contributed by atoms with van der Waals surface area (Å²) in [5, 5.41) is 1.22. The van der Waals surface area contributed by atoms with Crippen LogP contribution >= 0.6 is 31.9 Å². The van der Waals surface area contributed by atoms with Gasteiger partial charge in [0.1, 0.15) is 0 Å². The Bertz CT molecular complexity index is 747. The molecule has 96 valence electrons. The van der Waals surface area contributed by atoms with Crippen LogP contribution in [-0.2, 0) is 6.54 Å². The van der Waals surface area contributed by atoms with Crippen LogP contribution in [0, 0.1) is 0 Å². The Labute approximate surface area is 128 Å². The maximum absolute atomic E-state index is 5.92. The number of halogens is 2. The number of hydrogen-bond donors (Lipinski definition) is 1. The molecule has 2 nitrogen and oxygen atoms in total. The molecule has 0 spiro atoms. The Morgan fingerprint density at radius 2 is 1.79 bits per heavy atom. The monoisotopic (exact) mass is 378 g/mol. The van der Waals surface area contributed by atoms with Gasteiger partial charge in [0.05, 0.1) is 0 Å². The molecule has 19 heavy (non-hydrogen) atoms. The van der Waals surface area contributed by atoms with Crippen molar-refractivity contribution in [3.63, 3.8) is 0 Å². The highest BCUT2D eigenvalue weighted by atomic mass is 79.9. The highest BCUT2D eigenvalue weighted by Crippen LogP contribution is 2.28. The van der Waals surface area contributed by atoms with Gasteiger partial charge in [-0.3, -0.25) is 0 Å². The maximum atomic E-state index is 5.92. The van der Waals surface area contributed by atoms with Crippen LogP contribution in [0.1, 0.15) is 5.56 Å². The lowest BCUT2D eigenvalue weighted by Gasteiger charge is -2.09. The molecule has 3 rings (SSSR count). The Morgan fingerprint density at radius 3 is 2.63 bits per heavy atom. The van der Waals surface area contributed by atoms with Crippen molar-refractivity contribution in [3.05, 3.63) is 63.2 Å². The Balaban J connectivity index is 2.07. The molecule has 0 aliphatic rings. The van der Waals surface area contributed by atoms with Crippen LogP contribution in [-0.4, -0.2) is 4.57 Å². The lowest BCUT2D eigenvalue weighted by atomic mass is 10.2. The fourth-order valence-corrected chi connectivity index (χ4v) is 3.11. The second-order valence-corrected chi connectivity index (χ2v) is 6.08. The zero-order valence-electron chi connectivity index (χ0n) is 10.1. The zero-order valence-corrected chi connectivity index (χ0v) is 13.3. The van der Waals surface area contributed by atoms with Gasteiger partial charge in [-0.05, 0) is 45.8 Å². The van der Waals surface area contributed by atoms with E-state index < -0.39 is 0 Å². The molecule has 4 heteroatoms. The number of fused-ring (bicyclic) bond motifs is 1. The zero-order chi connectivity index (χ0) is 13.4. The molecule has 0 bridgehead atoms. The van der Waals surface area contributed by atoms with Gasteiger partial charge < -0.3 is 10.3 Å². The highest BCUT2D eigenvalue weighted by Gasteiger charge is 2.07. The molecule has 0 fully saturated rings. The molecule has 2 N–H and O–H groups in total. The first-order valence-corrected chi connectivity index (χ1v) is 7.51. The standard InChI is InChI=1S/C15H12Br2N2/c16-12-4-2-6-14-11(12)7-8-19(14)9-10-3-1-5-13(18)15(10)17/h1-8H,9,18H2. The molecule has 0 saturated carbocycles. The third-order valence-corrected chi connectivity index (χ3v) is 4.87. The molecule has 0 atom stereocenters. The third kappa shape index (κ3) is 2.30. The fraction of sp³-hybridized carbons (Fsp3) is 0.0667. The minimum atomic E-state index is 0.773. The van der Waals surface area contributed by atoms with Crippen molar-refractivity contribution < 1.29 is 0 Å². The van der Waals surface area contributed by atoms with E-state index in [1.54, 1.807) is 0 Å². The van der Waals surface area contributed by atoms with E-state index >= 15 is 0 Å². The molecular formula is C15H12Br2N2. The number of benzene rings is 2. The van der Waals surface area contributed by atoms with Crippen LogP contribution in [0.4, 0.5) is 5.69 Å². The summed E-state index contributed by atoms with van der Waals surface area (Å²) in [7, 11) is 0. The molecule has 3 aromatic rings.